The van der Waals surface area contributed by atoms with Gasteiger partial charge in [-0.15, -0.1) is 0 Å². The normalized spacial score (nSPS) is 22.5. The maximum Gasteiger partial charge on any atom is 0.279 e. The lowest BCUT2D eigenvalue weighted by Gasteiger charge is -2.19. The van der Waals surface area contributed by atoms with Crippen molar-refractivity contribution < 1.29 is 9.85 Å². The molecule has 6 nitrogen and oxygen atoms in total. The van der Waals surface area contributed by atoms with E-state index in [0.717, 1.165) is 25.3 Å². The Morgan fingerprint density at radius 1 is 1.10 bits per heavy atom. The molecule has 0 heterocycles. The molecule has 0 spiro atoms. The molecule has 1 aliphatic carbocycles. The average Bonchev–Trinajstić information content (AvgIpc) is 2.64. The summed E-state index contributed by atoms with van der Waals surface area (Å²) in [6.07, 6.45) is 6.20. The molecule has 2 rings (SSSR count). The number of hydrogen-bond acceptors (Lipinski definition) is 4. The predicted octanol–water partition coefficient (Wildman–Crippen LogP) is 4.39. The Labute approximate surface area is 131 Å². The highest BCUT2D eigenvalue weighted by molar-refractivity contribution is 9.09. The number of nitro benzene ring substituents is 2. The van der Waals surface area contributed by atoms with Crippen molar-refractivity contribution in [2.45, 2.75) is 43.4 Å². The van der Waals surface area contributed by atoms with Gasteiger partial charge >= 0.3 is 0 Å². The number of halogens is 1. The van der Waals surface area contributed by atoms with Crippen LogP contribution >= 0.6 is 15.9 Å². The molecule has 2 atom stereocenters. The van der Waals surface area contributed by atoms with E-state index in [2.05, 4.69) is 15.9 Å². The molecule has 0 aromatic heterocycles. The average molecular weight is 357 g/mol. The summed E-state index contributed by atoms with van der Waals surface area (Å²) in [4.78, 5) is 21.1. The van der Waals surface area contributed by atoms with Crippen molar-refractivity contribution in [2.24, 2.45) is 5.92 Å². The third-order valence-corrected chi connectivity index (χ3v) is 5.23. The van der Waals surface area contributed by atoms with E-state index in [0.29, 0.717) is 22.7 Å². The number of nitrogens with zero attached hydrogens (tertiary/aromatic N) is 2. The molecule has 0 N–H and O–H groups in total. The van der Waals surface area contributed by atoms with Crippen molar-refractivity contribution >= 4 is 27.3 Å². The van der Waals surface area contributed by atoms with Gasteiger partial charge < -0.3 is 0 Å². The van der Waals surface area contributed by atoms with Gasteiger partial charge in [-0.3, -0.25) is 20.2 Å². The second kappa shape index (κ2) is 6.98. The molecule has 1 saturated carbocycles. The van der Waals surface area contributed by atoms with Crippen molar-refractivity contribution in [3.63, 3.8) is 0 Å². The van der Waals surface area contributed by atoms with Crippen LogP contribution < -0.4 is 0 Å². The number of non-ortho nitro benzene ring substituents is 1. The van der Waals surface area contributed by atoms with Crippen LogP contribution in [0, 0.1) is 26.1 Å². The molecule has 1 aromatic carbocycles. The molecule has 7 heteroatoms. The van der Waals surface area contributed by atoms with Crippen molar-refractivity contribution in [3.8, 4) is 0 Å². The van der Waals surface area contributed by atoms with E-state index in [9.17, 15) is 20.2 Å². The van der Waals surface area contributed by atoms with E-state index in [1.54, 1.807) is 0 Å². The summed E-state index contributed by atoms with van der Waals surface area (Å²) < 4.78 is 0. The third kappa shape index (κ3) is 4.00. The number of nitro groups is 2. The molecule has 0 amide bonds. The molecule has 1 aliphatic rings. The predicted molar refractivity (Wildman–Crippen MR) is 82.7 cm³/mol. The molecule has 114 valence electrons. The van der Waals surface area contributed by atoms with E-state index in [1.165, 1.54) is 25.0 Å². The number of hydrogen-bond donors (Lipinski definition) is 0. The van der Waals surface area contributed by atoms with Crippen LogP contribution in [0.2, 0.25) is 0 Å². The lowest BCUT2D eigenvalue weighted by Crippen LogP contribution is -2.16. The lowest BCUT2D eigenvalue weighted by molar-refractivity contribution is -0.394. The summed E-state index contributed by atoms with van der Waals surface area (Å²) in [6, 6.07) is 3.94. The van der Waals surface area contributed by atoms with Gasteiger partial charge in [0.15, 0.2) is 0 Å². The maximum atomic E-state index is 11.2. The summed E-state index contributed by atoms with van der Waals surface area (Å²) in [7, 11) is 0. The topological polar surface area (TPSA) is 86.3 Å². The fraction of sp³-hybridized carbons (Fsp3) is 0.571. The van der Waals surface area contributed by atoms with Crippen molar-refractivity contribution in [2.75, 3.05) is 0 Å². The minimum Gasteiger partial charge on any atom is -0.258 e. The van der Waals surface area contributed by atoms with Gasteiger partial charge in [0.05, 0.1) is 15.9 Å². The Morgan fingerprint density at radius 2 is 1.81 bits per heavy atom. The molecular weight excluding hydrogens is 340 g/mol. The highest BCUT2D eigenvalue weighted by Gasteiger charge is 2.26. The summed E-state index contributed by atoms with van der Waals surface area (Å²) in [5, 5.41) is 21.9. The number of alkyl halides is 1. The van der Waals surface area contributed by atoms with E-state index in [1.807, 2.05) is 0 Å². The van der Waals surface area contributed by atoms with Crippen LogP contribution in [0.1, 0.15) is 37.7 Å². The van der Waals surface area contributed by atoms with E-state index in [4.69, 9.17) is 0 Å². The Bertz CT molecular complexity index is 550. The third-order valence-electron chi connectivity index (χ3n) is 4.02. The van der Waals surface area contributed by atoms with E-state index in [-0.39, 0.29) is 11.4 Å². The molecule has 1 aromatic rings. The van der Waals surface area contributed by atoms with E-state index < -0.39 is 9.85 Å². The second-order valence-corrected chi connectivity index (χ2v) is 6.62. The Kier molecular flexibility index (Phi) is 5.27. The molecule has 0 bridgehead atoms. The van der Waals surface area contributed by atoms with Gasteiger partial charge in [0, 0.05) is 16.5 Å². The zero-order valence-corrected chi connectivity index (χ0v) is 13.1. The van der Waals surface area contributed by atoms with Gasteiger partial charge in [-0.1, -0.05) is 35.2 Å². The zero-order valence-electron chi connectivity index (χ0n) is 11.5. The SMILES string of the molecule is O=[N+]([O-])c1ccc(CC2CCCCCC2Br)c([N+](=O)[O-])c1. The molecule has 2 unspecified atom stereocenters. The summed E-state index contributed by atoms with van der Waals surface area (Å²) in [6.45, 7) is 0. The van der Waals surface area contributed by atoms with Crippen LogP contribution in [0.15, 0.2) is 18.2 Å². The maximum absolute atomic E-state index is 11.2. The van der Waals surface area contributed by atoms with Gasteiger partial charge in [0.1, 0.15) is 0 Å². The van der Waals surface area contributed by atoms with E-state index >= 15 is 0 Å². The molecule has 21 heavy (non-hydrogen) atoms. The lowest BCUT2D eigenvalue weighted by atomic mass is 9.91. The molecule has 1 fully saturated rings. The number of rotatable bonds is 4. The van der Waals surface area contributed by atoms with Crippen LogP contribution in [-0.4, -0.2) is 14.7 Å². The van der Waals surface area contributed by atoms with Gasteiger partial charge in [0.2, 0.25) is 0 Å². The minimum absolute atomic E-state index is 0.145. The zero-order chi connectivity index (χ0) is 15.4. The largest absolute Gasteiger partial charge is 0.279 e. The fourth-order valence-corrected chi connectivity index (χ4v) is 3.63. The first-order valence-electron chi connectivity index (χ1n) is 7.05. The monoisotopic (exact) mass is 356 g/mol. The number of benzene rings is 1. The van der Waals surface area contributed by atoms with Gasteiger partial charge in [-0.05, 0) is 31.2 Å². The second-order valence-electron chi connectivity index (χ2n) is 5.45. The van der Waals surface area contributed by atoms with Crippen LogP contribution in [0.4, 0.5) is 11.4 Å². The quantitative estimate of drug-likeness (QED) is 0.346. The van der Waals surface area contributed by atoms with Crippen LogP contribution in [-0.2, 0) is 6.42 Å². The minimum atomic E-state index is -0.601. The van der Waals surface area contributed by atoms with Gasteiger partial charge in [0.25, 0.3) is 11.4 Å². The van der Waals surface area contributed by atoms with Crippen LogP contribution in [0.25, 0.3) is 0 Å². The smallest absolute Gasteiger partial charge is 0.258 e. The van der Waals surface area contributed by atoms with Crippen LogP contribution in [0.3, 0.4) is 0 Å². The molecular formula is C14H17BrN2O4. The molecule has 0 saturated heterocycles. The Balaban J connectivity index is 2.26. The van der Waals surface area contributed by atoms with Crippen molar-refractivity contribution in [3.05, 3.63) is 44.0 Å². The molecule has 0 radical (unpaired) electrons. The summed E-state index contributed by atoms with van der Waals surface area (Å²) in [5.41, 5.74) is 0.205. The summed E-state index contributed by atoms with van der Waals surface area (Å²) in [5.74, 6) is 0.340. The Hall–Kier alpha value is -1.50. The standard InChI is InChI=1S/C14H17BrN2O4/c15-13-5-3-1-2-4-10(13)8-11-6-7-12(16(18)19)9-14(11)17(20)21/h6-7,9-10,13H,1-5,8H2. The fourth-order valence-electron chi connectivity index (χ4n) is 2.86. The van der Waals surface area contributed by atoms with Gasteiger partial charge in [-0.25, -0.2) is 0 Å². The molecule has 0 aliphatic heterocycles. The summed E-state index contributed by atoms with van der Waals surface area (Å²) >= 11 is 3.68. The Morgan fingerprint density at radius 3 is 2.48 bits per heavy atom. The van der Waals surface area contributed by atoms with Crippen molar-refractivity contribution in [1.29, 1.82) is 0 Å². The van der Waals surface area contributed by atoms with Crippen LogP contribution in [0.5, 0.6) is 0 Å². The first-order valence-corrected chi connectivity index (χ1v) is 7.96. The van der Waals surface area contributed by atoms with Crippen molar-refractivity contribution in [1.82, 2.24) is 0 Å². The first-order chi connectivity index (χ1) is 9.99. The van der Waals surface area contributed by atoms with Gasteiger partial charge in [-0.2, -0.15) is 0 Å². The first kappa shape index (κ1) is 15.9. The highest BCUT2D eigenvalue weighted by Crippen LogP contribution is 2.34. The highest BCUT2D eigenvalue weighted by atomic mass is 79.9.